The van der Waals surface area contributed by atoms with Crippen LogP contribution < -0.4 is 15.6 Å². The minimum absolute atomic E-state index is 0.154. The molecule has 0 aliphatic carbocycles. The first-order chi connectivity index (χ1) is 11.1. The monoisotopic (exact) mass is 317 g/mol. The number of nitrogens with zero attached hydrogens (tertiary/aromatic N) is 2. The van der Waals surface area contributed by atoms with Crippen molar-refractivity contribution in [2.45, 2.75) is 20.4 Å². The molecule has 1 N–H and O–H groups in total. The molecular formula is C17H23N3O3. The molecule has 0 unspecified atom stereocenters. The van der Waals surface area contributed by atoms with Gasteiger partial charge in [-0.2, -0.15) is 0 Å². The Kier molecular flexibility index (Phi) is 6.17. The van der Waals surface area contributed by atoms with Gasteiger partial charge >= 0.3 is 0 Å². The maximum Gasteiger partial charge on any atom is 0.293 e. The summed E-state index contributed by atoms with van der Waals surface area (Å²) >= 11 is 0. The molecule has 0 aliphatic heterocycles. The van der Waals surface area contributed by atoms with Crippen molar-refractivity contribution in [1.29, 1.82) is 0 Å². The molecule has 0 saturated carbocycles. The van der Waals surface area contributed by atoms with Crippen LogP contribution in [0.5, 0.6) is 5.75 Å². The molecule has 0 amide bonds. The summed E-state index contributed by atoms with van der Waals surface area (Å²) in [5.74, 6) is 1.13. The molecule has 0 bridgehead atoms. The summed E-state index contributed by atoms with van der Waals surface area (Å²) in [6.07, 6.45) is 3.22. The number of aromatic nitrogens is 2. The predicted octanol–water partition coefficient (Wildman–Crippen LogP) is 2.12. The van der Waals surface area contributed by atoms with Crippen molar-refractivity contribution in [3.8, 4) is 5.75 Å². The third-order valence-corrected chi connectivity index (χ3v) is 3.38. The molecule has 6 nitrogen and oxygen atoms in total. The van der Waals surface area contributed by atoms with Crippen molar-refractivity contribution < 1.29 is 9.47 Å². The maximum absolute atomic E-state index is 12.0. The van der Waals surface area contributed by atoms with Crippen LogP contribution in [-0.4, -0.2) is 29.4 Å². The number of anilines is 1. The lowest BCUT2D eigenvalue weighted by molar-refractivity contribution is 0.110. The van der Waals surface area contributed by atoms with E-state index in [2.05, 4.69) is 10.3 Å². The highest BCUT2D eigenvalue weighted by Gasteiger charge is 2.07. The first-order valence-corrected chi connectivity index (χ1v) is 7.67. The summed E-state index contributed by atoms with van der Waals surface area (Å²) in [6.45, 7) is 6.16. The standard InChI is InChI=1S/C17H23N3O3/c1-4-22-9-10-23-15-11-13(2)5-6-14(15)12-19-16-17(21)20(3)8-7-18-16/h5-8,11H,4,9-10,12H2,1-3H3,(H,18,19). The van der Waals surface area contributed by atoms with Gasteiger partial charge < -0.3 is 19.4 Å². The second-order valence-corrected chi connectivity index (χ2v) is 5.20. The quantitative estimate of drug-likeness (QED) is 0.756. The summed E-state index contributed by atoms with van der Waals surface area (Å²) in [7, 11) is 1.70. The van der Waals surface area contributed by atoms with E-state index in [4.69, 9.17) is 9.47 Å². The first kappa shape index (κ1) is 17.0. The van der Waals surface area contributed by atoms with Gasteiger partial charge in [0.25, 0.3) is 5.56 Å². The van der Waals surface area contributed by atoms with E-state index in [1.165, 1.54) is 4.57 Å². The fourth-order valence-corrected chi connectivity index (χ4v) is 2.10. The van der Waals surface area contributed by atoms with Crippen molar-refractivity contribution in [3.63, 3.8) is 0 Å². The Hall–Kier alpha value is -2.34. The van der Waals surface area contributed by atoms with Gasteiger partial charge in [0, 0.05) is 38.2 Å². The van der Waals surface area contributed by atoms with Crippen LogP contribution >= 0.6 is 0 Å². The number of ether oxygens (including phenoxy) is 2. The van der Waals surface area contributed by atoms with Crippen molar-refractivity contribution in [2.75, 3.05) is 25.1 Å². The molecule has 2 rings (SSSR count). The van der Waals surface area contributed by atoms with Gasteiger partial charge in [-0.15, -0.1) is 0 Å². The van der Waals surface area contributed by atoms with Crippen LogP contribution in [0.1, 0.15) is 18.1 Å². The summed E-state index contributed by atoms with van der Waals surface area (Å²) in [5, 5.41) is 3.08. The van der Waals surface area contributed by atoms with E-state index >= 15 is 0 Å². The molecule has 1 heterocycles. The molecule has 0 fully saturated rings. The topological polar surface area (TPSA) is 65.4 Å². The smallest absolute Gasteiger partial charge is 0.293 e. The van der Waals surface area contributed by atoms with E-state index in [-0.39, 0.29) is 5.56 Å². The van der Waals surface area contributed by atoms with Gasteiger partial charge in [-0.3, -0.25) is 4.79 Å². The Labute approximate surface area is 136 Å². The average molecular weight is 317 g/mol. The molecule has 0 radical (unpaired) electrons. The zero-order valence-electron chi connectivity index (χ0n) is 13.8. The van der Waals surface area contributed by atoms with E-state index in [0.29, 0.717) is 32.2 Å². The van der Waals surface area contributed by atoms with Crippen LogP contribution in [-0.2, 0) is 18.3 Å². The zero-order chi connectivity index (χ0) is 16.7. The molecule has 23 heavy (non-hydrogen) atoms. The Morgan fingerprint density at radius 3 is 2.91 bits per heavy atom. The minimum atomic E-state index is -0.154. The third kappa shape index (κ3) is 4.82. The van der Waals surface area contributed by atoms with Crippen LogP contribution in [0.2, 0.25) is 0 Å². The molecular weight excluding hydrogens is 294 g/mol. The Morgan fingerprint density at radius 1 is 1.30 bits per heavy atom. The second kappa shape index (κ2) is 8.33. The molecule has 0 spiro atoms. The lowest BCUT2D eigenvalue weighted by atomic mass is 10.1. The van der Waals surface area contributed by atoms with Gasteiger partial charge in [0.1, 0.15) is 12.4 Å². The van der Waals surface area contributed by atoms with Crippen molar-refractivity contribution in [3.05, 3.63) is 52.1 Å². The first-order valence-electron chi connectivity index (χ1n) is 7.67. The van der Waals surface area contributed by atoms with E-state index in [9.17, 15) is 4.79 Å². The van der Waals surface area contributed by atoms with Gasteiger partial charge in [-0.25, -0.2) is 4.98 Å². The van der Waals surface area contributed by atoms with Gasteiger partial charge in [0.05, 0.1) is 6.61 Å². The molecule has 6 heteroatoms. The predicted molar refractivity (Wildman–Crippen MR) is 90.0 cm³/mol. The molecule has 2 aromatic rings. The summed E-state index contributed by atoms with van der Waals surface area (Å²) in [5.41, 5.74) is 1.94. The van der Waals surface area contributed by atoms with E-state index < -0.39 is 0 Å². The van der Waals surface area contributed by atoms with Crippen LogP contribution in [0.15, 0.2) is 35.4 Å². The SMILES string of the molecule is CCOCCOc1cc(C)ccc1CNc1nccn(C)c1=O. The molecule has 124 valence electrons. The van der Waals surface area contributed by atoms with Crippen molar-refractivity contribution in [1.82, 2.24) is 9.55 Å². The van der Waals surface area contributed by atoms with Crippen LogP contribution in [0.3, 0.4) is 0 Å². The van der Waals surface area contributed by atoms with Gasteiger partial charge in [0.15, 0.2) is 5.82 Å². The van der Waals surface area contributed by atoms with E-state index in [1.807, 2.05) is 32.0 Å². The number of aryl methyl sites for hydroxylation is 2. The number of hydrogen-bond donors (Lipinski definition) is 1. The van der Waals surface area contributed by atoms with Crippen molar-refractivity contribution >= 4 is 5.82 Å². The van der Waals surface area contributed by atoms with Crippen LogP contribution in [0.25, 0.3) is 0 Å². The zero-order valence-corrected chi connectivity index (χ0v) is 13.8. The second-order valence-electron chi connectivity index (χ2n) is 5.20. The number of nitrogens with one attached hydrogen (secondary N) is 1. The minimum Gasteiger partial charge on any atom is -0.491 e. The molecule has 0 aliphatic rings. The van der Waals surface area contributed by atoms with Gasteiger partial charge in [-0.1, -0.05) is 12.1 Å². The lowest BCUT2D eigenvalue weighted by Crippen LogP contribution is -2.22. The highest BCUT2D eigenvalue weighted by Crippen LogP contribution is 2.21. The fourth-order valence-electron chi connectivity index (χ4n) is 2.10. The van der Waals surface area contributed by atoms with Gasteiger partial charge in [-0.05, 0) is 25.5 Å². The van der Waals surface area contributed by atoms with Crippen LogP contribution in [0.4, 0.5) is 5.82 Å². The van der Waals surface area contributed by atoms with E-state index in [1.54, 1.807) is 19.4 Å². The fraction of sp³-hybridized carbons (Fsp3) is 0.412. The van der Waals surface area contributed by atoms with Crippen molar-refractivity contribution in [2.24, 2.45) is 7.05 Å². The summed E-state index contributed by atoms with van der Waals surface area (Å²) in [4.78, 5) is 16.0. The Morgan fingerprint density at radius 2 is 2.13 bits per heavy atom. The summed E-state index contributed by atoms with van der Waals surface area (Å²) in [6, 6.07) is 5.99. The largest absolute Gasteiger partial charge is 0.491 e. The molecule has 0 saturated heterocycles. The highest BCUT2D eigenvalue weighted by molar-refractivity contribution is 5.41. The molecule has 1 aromatic carbocycles. The summed E-state index contributed by atoms with van der Waals surface area (Å²) < 4.78 is 12.6. The maximum atomic E-state index is 12.0. The lowest BCUT2D eigenvalue weighted by Gasteiger charge is -2.13. The van der Waals surface area contributed by atoms with Crippen LogP contribution in [0, 0.1) is 6.92 Å². The average Bonchev–Trinajstić information content (AvgIpc) is 2.54. The highest BCUT2D eigenvalue weighted by atomic mass is 16.5. The normalized spacial score (nSPS) is 10.6. The number of rotatable bonds is 8. The molecule has 0 atom stereocenters. The Balaban J connectivity index is 2.06. The third-order valence-electron chi connectivity index (χ3n) is 3.38. The Bertz CT molecular complexity index is 698. The van der Waals surface area contributed by atoms with E-state index in [0.717, 1.165) is 16.9 Å². The van der Waals surface area contributed by atoms with Gasteiger partial charge in [0.2, 0.25) is 0 Å². The number of hydrogen-bond acceptors (Lipinski definition) is 5. The number of benzene rings is 1. The molecule has 1 aromatic heterocycles.